The summed E-state index contributed by atoms with van der Waals surface area (Å²) in [6.45, 7) is 3.80. The van der Waals surface area contributed by atoms with E-state index in [1.54, 1.807) is 17.8 Å². The van der Waals surface area contributed by atoms with Crippen molar-refractivity contribution < 1.29 is 14.4 Å². The zero-order valence-corrected chi connectivity index (χ0v) is 20.5. The average molecular weight is 489 g/mol. The van der Waals surface area contributed by atoms with Crippen LogP contribution in [0.4, 0.5) is 10.5 Å². The Morgan fingerprint density at radius 3 is 2.18 bits per heavy atom. The highest BCUT2D eigenvalue weighted by atomic mass is 32.2. The van der Waals surface area contributed by atoms with Crippen LogP contribution in [0.3, 0.4) is 0 Å². The summed E-state index contributed by atoms with van der Waals surface area (Å²) >= 11 is 2.51. The van der Waals surface area contributed by atoms with Crippen molar-refractivity contribution in [1.82, 2.24) is 4.90 Å². The predicted octanol–water partition coefficient (Wildman–Crippen LogP) is 6.38. The SMILES string of the molecule is CCc1ccc(NC(=O)CN2C(=O)S/C(=C\c3ccc(Sc4ccc(C)cc4)cc3)C2=O)cc1. The molecule has 5 nitrogen and oxygen atoms in total. The lowest BCUT2D eigenvalue weighted by Gasteiger charge is -2.12. The molecule has 1 heterocycles. The topological polar surface area (TPSA) is 66.5 Å². The Hall–Kier alpha value is -3.29. The Kier molecular flexibility index (Phi) is 7.55. The zero-order valence-electron chi connectivity index (χ0n) is 18.9. The third-order valence-electron chi connectivity index (χ3n) is 5.26. The fourth-order valence-electron chi connectivity index (χ4n) is 3.33. The van der Waals surface area contributed by atoms with Gasteiger partial charge < -0.3 is 5.32 Å². The van der Waals surface area contributed by atoms with E-state index in [1.165, 1.54) is 5.56 Å². The van der Waals surface area contributed by atoms with Gasteiger partial charge in [-0.2, -0.15) is 0 Å². The first-order chi connectivity index (χ1) is 16.4. The molecule has 0 aromatic heterocycles. The highest BCUT2D eigenvalue weighted by molar-refractivity contribution is 8.18. The summed E-state index contributed by atoms with van der Waals surface area (Å²) in [6, 6.07) is 23.6. The third kappa shape index (κ3) is 5.98. The summed E-state index contributed by atoms with van der Waals surface area (Å²) in [5.74, 6) is -0.866. The van der Waals surface area contributed by atoms with Crippen molar-refractivity contribution in [3.05, 3.63) is 94.4 Å². The average Bonchev–Trinajstić information content (AvgIpc) is 3.09. The van der Waals surface area contributed by atoms with Crippen molar-refractivity contribution in [1.29, 1.82) is 0 Å². The molecule has 0 bridgehead atoms. The van der Waals surface area contributed by atoms with E-state index in [0.717, 1.165) is 44.0 Å². The molecular weight excluding hydrogens is 464 g/mol. The molecule has 1 aliphatic rings. The van der Waals surface area contributed by atoms with E-state index in [2.05, 4.69) is 43.4 Å². The zero-order chi connectivity index (χ0) is 24.1. The predicted molar refractivity (Wildman–Crippen MR) is 139 cm³/mol. The fraction of sp³-hybridized carbons (Fsp3) is 0.148. The van der Waals surface area contributed by atoms with Crippen molar-refractivity contribution in [2.24, 2.45) is 0 Å². The van der Waals surface area contributed by atoms with Crippen LogP contribution in [-0.4, -0.2) is 28.5 Å². The fourth-order valence-corrected chi connectivity index (χ4v) is 4.98. The second-order valence-corrected chi connectivity index (χ2v) is 9.99. The van der Waals surface area contributed by atoms with Crippen molar-refractivity contribution in [2.45, 2.75) is 30.1 Å². The van der Waals surface area contributed by atoms with Gasteiger partial charge in [0.25, 0.3) is 11.1 Å². The van der Waals surface area contributed by atoms with E-state index in [4.69, 9.17) is 0 Å². The summed E-state index contributed by atoms with van der Waals surface area (Å²) in [7, 11) is 0. The first kappa shape index (κ1) is 23.9. The van der Waals surface area contributed by atoms with Gasteiger partial charge in [-0.25, -0.2) is 0 Å². The molecule has 7 heteroatoms. The van der Waals surface area contributed by atoms with E-state index < -0.39 is 17.1 Å². The number of nitrogens with zero attached hydrogens (tertiary/aromatic N) is 1. The molecule has 0 spiro atoms. The van der Waals surface area contributed by atoms with Gasteiger partial charge in [0.2, 0.25) is 5.91 Å². The number of imide groups is 1. The van der Waals surface area contributed by atoms with Crippen LogP contribution in [0.15, 0.2) is 87.5 Å². The number of rotatable bonds is 7. The number of amides is 3. The molecule has 3 amide bonds. The quantitative estimate of drug-likeness (QED) is 0.391. The normalized spacial score (nSPS) is 14.6. The molecule has 0 radical (unpaired) electrons. The van der Waals surface area contributed by atoms with Gasteiger partial charge in [0.05, 0.1) is 4.91 Å². The van der Waals surface area contributed by atoms with Crippen LogP contribution in [0.5, 0.6) is 0 Å². The molecule has 1 aliphatic heterocycles. The highest BCUT2D eigenvalue weighted by Gasteiger charge is 2.36. The Bertz CT molecular complexity index is 1230. The van der Waals surface area contributed by atoms with E-state index >= 15 is 0 Å². The lowest BCUT2D eigenvalue weighted by molar-refractivity contribution is -0.127. The molecule has 34 heavy (non-hydrogen) atoms. The molecule has 0 aliphatic carbocycles. The number of carbonyl (C=O) groups excluding carboxylic acids is 3. The Balaban J connectivity index is 1.37. The number of anilines is 1. The summed E-state index contributed by atoms with van der Waals surface area (Å²) in [5, 5.41) is 2.29. The van der Waals surface area contributed by atoms with E-state index in [9.17, 15) is 14.4 Å². The van der Waals surface area contributed by atoms with E-state index in [0.29, 0.717) is 10.6 Å². The van der Waals surface area contributed by atoms with Crippen LogP contribution in [-0.2, 0) is 16.0 Å². The van der Waals surface area contributed by atoms with Crippen molar-refractivity contribution in [3.63, 3.8) is 0 Å². The van der Waals surface area contributed by atoms with Gasteiger partial charge >= 0.3 is 0 Å². The van der Waals surface area contributed by atoms with Crippen LogP contribution in [0.1, 0.15) is 23.6 Å². The van der Waals surface area contributed by atoms with Gasteiger partial charge in [-0.3, -0.25) is 19.3 Å². The number of thioether (sulfide) groups is 1. The molecule has 3 aromatic rings. The molecule has 3 aromatic carbocycles. The summed E-state index contributed by atoms with van der Waals surface area (Å²) in [5.41, 5.74) is 3.83. The standard InChI is InChI=1S/C27H24N2O3S2/c1-3-19-6-10-21(11-7-19)28-25(30)17-29-26(31)24(34-27(29)32)16-20-8-14-23(15-9-20)33-22-12-4-18(2)5-13-22/h4-16H,3,17H2,1-2H3,(H,28,30)/b24-16-. The maximum atomic E-state index is 12.8. The summed E-state index contributed by atoms with van der Waals surface area (Å²) in [6.07, 6.45) is 2.60. The lowest BCUT2D eigenvalue weighted by Crippen LogP contribution is -2.36. The van der Waals surface area contributed by atoms with Crippen LogP contribution >= 0.6 is 23.5 Å². The second-order valence-electron chi connectivity index (χ2n) is 7.85. The van der Waals surface area contributed by atoms with E-state index in [1.807, 2.05) is 48.5 Å². The maximum absolute atomic E-state index is 12.8. The first-order valence-corrected chi connectivity index (χ1v) is 12.5. The van der Waals surface area contributed by atoms with Crippen LogP contribution < -0.4 is 5.32 Å². The number of hydrogen-bond acceptors (Lipinski definition) is 5. The number of carbonyl (C=O) groups is 3. The number of aryl methyl sites for hydroxylation is 2. The van der Waals surface area contributed by atoms with Crippen molar-refractivity contribution in [2.75, 3.05) is 11.9 Å². The molecule has 1 saturated heterocycles. The smallest absolute Gasteiger partial charge is 0.294 e. The molecule has 0 saturated carbocycles. The minimum Gasteiger partial charge on any atom is -0.325 e. The van der Waals surface area contributed by atoms with Crippen LogP contribution in [0.25, 0.3) is 6.08 Å². The highest BCUT2D eigenvalue weighted by Crippen LogP contribution is 2.33. The lowest BCUT2D eigenvalue weighted by atomic mass is 10.1. The van der Waals surface area contributed by atoms with Crippen LogP contribution in [0.2, 0.25) is 0 Å². The monoisotopic (exact) mass is 488 g/mol. The number of hydrogen-bond donors (Lipinski definition) is 1. The van der Waals surface area contributed by atoms with Gasteiger partial charge in [-0.15, -0.1) is 0 Å². The van der Waals surface area contributed by atoms with Crippen molar-refractivity contribution >= 4 is 52.3 Å². The molecule has 1 N–H and O–H groups in total. The Morgan fingerprint density at radius 1 is 0.941 bits per heavy atom. The second kappa shape index (κ2) is 10.8. The molecule has 0 atom stereocenters. The third-order valence-corrected chi connectivity index (χ3v) is 7.18. The first-order valence-electron chi connectivity index (χ1n) is 10.9. The van der Waals surface area contributed by atoms with Gasteiger partial charge in [0, 0.05) is 15.5 Å². The number of benzene rings is 3. The minimum atomic E-state index is -0.454. The number of nitrogens with one attached hydrogen (secondary N) is 1. The molecular formula is C27H24N2O3S2. The van der Waals surface area contributed by atoms with Crippen LogP contribution in [0, 0.1) is 6.92 Å². The Labute approximate surface area is 207 Å². The maximum Gasteiger partial charge on any atom is 0.294 e. The molecule has 0 unspecified atom stereocenters. The molecule has 4 rings (SSSR count). The summed E-state index contributed by atoms with van der Waals surface area (Å²) < 4.78 is 0. The van der Waals surface area contributed by atoms with Gasteiger partial charge in [0.1, 0.15) is 6.54 Å². The van der Waals surface area contributed by atoms with E-state index in [-0.39, 0.29) is 6.54 Å². The van der Waals surface area contributed by atoms with Gasteiger partial charge in [0.15, 0.2) is 0 Å². The Morgan fingerprint density at radius 2 is 1.56 bits per heavy atom. The van der Waals surface area contributed by atoms with Crippen molar-refractivity contribution in [3.8, 4) is 0 Å². The van der Waals surface area contributed by atoms with Gasteiger partial charge in [-0.1, -0.05) is 60.6 Å². The molecule has 1 fully saturated rings. The minimum absolute atomic E-state index is 0.309. The largest absolute Gasteiger partial charge is 0.325 e. The molecule has 172 valence electrons. The summed E-state index contributed by atoms with van der Waals surface area (Å²) in [4.78, 5) is 41.1. The van der Waals surface area contributed by atoms with Gasteiger partial charge in [-0.05, 0) is 78.7 Å².